The first-order valence-corrected chi connectivity index (χ1v) is 9.07. The van der Waals surface area contributed by atoms with Crippen molar-refractivity contribution in [3.05, 3.63) is 0 Å². The highest BCUT2D eigenvalue weighted by Crippen LogP contribution is 2.33. The summed E-state index contributed by atoms with van der Waals surface area (Å²) in [5, 5.41) is 3.62. The third kappa shape index (κ3) is 3.37. The summed E-state index contributed by atoms with van der Waals surface area (Å²) in [7, 11) is 0. The standard InChI is InChI=1S/C17H33N3/c1-2-9-18-14-15-7-8-17(15)20-12-10-19(11-13-20)16-5-3-4-6-16/h15-18H,2-14H2,1H3. The molecule has 3 aliphatic rings. The number of nitrogens with one attached hydrogen (secondary N) is 1. The van der Waals surface area contributed by atoms with Gasteiger partial charge in [-0.1, -0.05) is 19.8 Å². The molecular weight excluding hydrogens is 246 g/mol. The normalized spacial score (nSPS) is 33.5. The quantitative estimate of drug-likeness (QED) is 0.753. The minimum absolute atomic E-state index is 0.894. The predicted octanol–water partition coefficient (Wildman–Crippen LogP) is 2.32. The molecule has 0 aromatic rings. The molecule has 1 N–H and O–H groups in total. The molecule has 0 spiro atoms. The molecule has 116 valence electrons. The average molecular weight is 279 g/mol. The molecule has 2 saturated carbocycles. The zero-order valence-electron chi connectivity index (χ0n) is 13.3. The molecule has 2 unspecified atom stereocenters. The first-order chi connectivity index (χ1) is 9.88. The van der Waals surface area contributed by atoms with Crippen LogP contribution in [-0.4, -0.2) is 61.2 Å². The maximum Gasteiger partial charge on any atom is 0.0137 e. The van der Waals surface area contributed by atoms with E-state index in [1.54, 1.807) is 0 Å². The van der Waals surface area contributed by atoms with Gasteiger partial charge in [-0.3, -0.25) is 9.80 Å². The van der Waals surface area contributed by atoms with Crippen LogP contribution in [0.4, 0.5) is 0 Å². The Morgan fingerprint density at radius 3 is 2.20 bits per heavy atom. The van der Waals surface area contributed by atoms with Gasteiger partial charge in [0.25, 0.3) is 0 Å². The summed E-state index contributed by atoms with van der Waals surface area (Å²) in [4.78, 5) is 5.58. The summed E-state index contributed by atoms with van der Waals surface area (Å²) in [5.74, 6) is 0.930. The van der Waals surface area contributed by atoms with Gasteiger partial charge in [-0.2, -0.15) is 0 Å². The molecule has 0 radical (unpaired) electrons. The van der Waals surface area contributed by atoms with Crippen LogP contribution in [0.15, 0.2) is 0 Å². The molecule has 3 rings (SSSR count). The lowest BCUT2D eigenvalue weighted by Crippen LogP contribution is -2.58. The van der Waals surface area contributed by atoms with Crippen LogP contribution >= 0.6 is 0 Å². The van der Waals surface area contributed by atoms with Gasteiger partial charge in [0.05, 0.1) is 0 Å². The van der Waals surface area contributed by atoms with Crippen molar-refractivity contribution < 1.29 is 0 Å². The fourth-order valence-electron chi connectivity index (χ4n) is 4.44. The maximum absolute atomic E-state index is 3.62. The van der Waals surface area contributed by atoms with E-state index in [2.05, 4.69) is 22.0 Å². The molecule has 0 aromatic heterocycles. The van der Waals surface area contributed by atoms with Crippen LogP contribution in [0.25, 0.3) is 0 Å². The average Bonchev–Trinajstić information content (AvgIpc) is 2.97. The van der Waals surface area contributed by atoms with Crippen molar-refractivity contribution in [1.29, 1.82) is 0 Å². The zero-order chi connectivity index (χ0) is 13.8. The van der Waals surface area contributed by atoms with E-state index in [1.807, 2.05) is 0 Å². The van der Waals surface area contributed by atoms with Crippen LogP contribution in [0, 0.1) is 5.92 Å². The Morgan fingerprint density at radius 1 is 0.900 bits per heavy atom. The van der Waals surface area contributed by atoms with Crippen LogP contribution in [0.3, 0.4) is 0 Å². The lowest BCUT2D eigenvalue weighted by molar-refractivity contribution is 0.0101. The molecule has 1 heterocycles. The second-order valence-corrected chi connectivity index (χ2v) is 7.12. The molecule has 2 aliphatic carbocycles. The highest BCUT2D eigenvalue weighted by molar-refractivity contribution is 4.93. The molecule has 3 fully saturated rings. The van der Waals surface area contributed by atoms with Gasteiger partial charge in [-0.25, -0.2) is 0 Å². The number of hydrogen-bond acceptors (Lipinski definition) is 3. The van der Waals surface area contributed by atoms with E-state index in [9.17, 15) is 0 Å². The summed E-state index contributed by atoms with van der Waals surface area (Å²) >= 11 is 0. The summed E-state index contributed by atoms with van der Waals surface area (Å²) in [6, 6.07) is 1.82. The second-order valence-electron chi connectivity index (χ2n) is 7.12. The lowest BCUT2D eigenvalue weighted by Gasteiger charge is -2.48. The minimum Gasteiger partial charge on any atom is -0.316 e. The SMILES string of the molecule is CCCNCC1CCC1N1CCN(C2CCCC2)CC1. The lowest BCUT2D eigenvalue weighted by atomic mass is 9.78. The largest absolute Gasteiger partial charge is 0.316 e. The molecule has 3 heteroatoms. The van der Waals surface area contributed by atoms with Gasteiger partial charge in [0.2, 0.25) is 0 Å². The van der Waals surface area contributed by atoms with E-state index < -0.39 is 0 Å². The summed E-state index contributed by atoms with van der Waals surface area (Å²) < 4.78 is 0. The van der Waals surface area contributed by atoms with Crippen molar-refractivity contribution in [2.45, 2.75) is 64.0 Å². The molecular formula is C17H33N3. The van der Waals surface area contributed by atoms with Crippen LogP contribution in [0.1, 0.15) is 51.9 Å². The van der Waals surface area contributed by atoms with Gasteiger partial charge in [0, 0.05) is 38.3 Å². The topological polar surface area (TPSA) is 18.5 Å². The van der Waals surface area contributed by atoms with Gasteiger partial charge < -0.3 is 5.32 Å². The Morgan fingerprint density at radius 2 is 1.60 bits per heavy atom. The molecule has 1 aliphatic heterocycles. The molecule has 0 aromatic carbocycles. The van der Waals surface area contributed by atoms with Gasteiger partial charge in [0.1, 0.15) is 0 Å². The molecule has 2 atom stereocenters. The zero-order valence-corrected chi connectivity index (χ0v) is 13.3. The van der Waals surface area contributed by atoms with Crippen LogP contribution in [-0.2, 0) is 0 Å². The molecule has 3 nitrogen and oxygen atoms in total. The highest BCUT2D eigenvalue weighted by atomic mass is 15.3. The van der Waals surface area contributed by atoms with Crippen molar-refractivity contribution in [3.8, 4) is 0 Å². The van der Waals surface area contributed by atoms with Crippen molar-refractivity contribution in [2.75, 3.05) is 39.3 Å². The summed E-state index contributed by atoms with van der Waals surface area (Å²) in [6.45, 7) is 10.0. The Labute approximate surface area is 125 Å². The maximum atomic E-state index is 3.62. The van der Waals surface area contributed by atoms with E-state index >= 15 is 0 Å². The van der Waals surface area contributed by atoms with Gasteiger partial charge in [0.15, 0.2) is 0 Å². The first kappa shape index (κ1) is 14.8. The monoisotopic (exact) mass is 279 g/mol. The summed E-state index contributed by atoms with van der Waals surface area (Å²) in [5.41, 5.74) is 0. The Bertz CT molecular complexity index is 280. The number of piperazine rings is 1. The van der Waals surface area contributed by atoms with Gasteiger partial charge >= 0.3 is 0 Å². The Hall–Kier alpha value is -0.120. The smallest absolute Gasteiger partial charge is 0.0137 e. The van der Waals surface area contributed by atoms with Gasteiger partial charge in [-0.05, 0) is 51.1 Å². The Balaban J connectivity index is 1.39. The third-order valence-electron chi connectivity index (χ3n) is 5.87. The number of rotatable bonds is 6. The van der Waals surface area contributed by atoms with Crippen molar-refractivity contribution in [3.63, 3.8) is 0 Å². The van der Waals surface area contributed by atoms with Gasteiger partial charge in [-0.15, -0.1) is 0 Å². The van der Waals surface area contributed by atoms with Crippen LogP contribution < -0.4 is 5.32 Å². The van der Waals surface area contributed by atoms with E-state index in [0.29, 0.717) is 0 Å². The van der Waals surface area contributed by atoms with Crippen LogP contribution in [0.2, 0.25) is 0 Å². The fraction of sp³-hybridized carbons (Fsp3) is 1.00. The van der Waals surface area contributed by atoms with E-state index in [-0.39, 0.29) is 0 Å². The van der Waals surface area contributed by atoms with Crippen molar-refractivity contribution in [1.82, 2.24) is 15.1 Å². The van der Waals surface area contributed by atoms with E-state index in [0.717, 1.165) is 18.0 Å². The predicted molar refractivity (Wildman–Crippen MR) is 85.1 cm³/mol. The number of hydrogen-bond donors (Lipinski definition) is 1. The molecule has 20 heavy (non-hydrogen) atoms. The van der Waals surface area contributed by atoms with Crippen LogP contribution in [0.5, 0.6) is 0 Å². The highest BCUT2D eigenvalue weighted by Gasteiger charge is 2.37. The second kappa shape index (κ2) is 7.24. The minimum atomic E-state index is 0.894. The fourth-order valence-corrected chi connectivity index (χ4v) is 4.44. The summed E-state index contributed by atoms with van der Waals surface area (Å²) in [6.07, 6.45) is 10.0. The van der Waals surface area contributed by atoms with E-state index in [4.69, 9.17) is 0 Å². The molecule has 0 amide bonds. The number of nitrogens with zero attached hydrogens (tertiary/aromatic N) is 2. The molecule has 1 saturated heterocycles. The molecule has 0 bridgehead atoms. The first-order valence-electron chi connectivity index (χ1n) is 9.07. The van der Waals surface area contributed by atoms with Crippen molar-refractivity contribution in [2.24, 2.45) is 5.92 Å². The van der Waals surface area contributed by atoms with E-state index in [1.165, 1.54) is 84.2 Å². The third-order valence-corrected chi connectivity index (χ3v) is 5.87. The Kier molecular flexibility index (Phi) is 5.36. The van der Waals surface area contributed by atoms with Crippen molar-refractivity contribution >= 4 is 0 Å².